The van der Waals surface area contributed by atoms with Gasteiger partial charge in [0.05, 0.1) is 10.7 Å². The van der Waals surface area contributed by atoms with Gasteiger partial charge in [-0.15, -0.1) is 11.3 Å². The first-order chi connectivity index (χ1) is 15.3. The van der Waals surface area contributed by atoms with Crippen LogP contribution in [0.1, 0.15) is 46.1 Å². The number of carbonyl (C=O) groups excluding carboxylic acids is 1. The van der Waals surface area contributed by atoms with Crippen molar-refractivity contribution in [3.8, 4) is 0 Å². The molecule has 3 fully saturated rings. The molecule has 0 aliphatic carbocycles. The Morgan fingerprint density at radius 2 is 1.78 bits per heavy atom. The van der Waals surface area contributed by atoms with Crippen molar-refractivity contribution >= 4 is 30.2 Å². The summed E-state index contributed by atoms with van der Waals surface area (Å²) < 4.78 is 0. The van der Waals surface area contributed by atoms with Crippen molar-refractivity contribution < 1.29 is 24.6 Å². The normalized spacial score (nSPS) is 26.7. The molecule has 4 atom stereocenters. The van der Waals surface area contributed by atoms with E-state index in [1.807, 2.05) is 13.8 Å². The van der Waals surface area contributed by atoms with Crippen molar-refractivity contribution in [3.63, 3.8) is 0 Å². The van der Waals surface area contributed by atoms with E-state index in [0.717, 1.165) is 35.2 Å². The van der Waals surface area contributed by atoms with E-state index in [9.17, 15) is 4.79 Å². The lowest BCUT2D eigenvalue weighted by Gasteiger charge is -2.57. The minimum Gasteiger partial charge on any atom is -0.483 e. The van der Waals surface area contributed by atoms with E-state index >= 15 is 0 Å². The summed E-state index contributed by atoms with van der Waals surface area (Å²) in [5.74, 6) is 1.46. The highest BCUT2D eigenvalue weighted by molar-refractivity contribution is 7.13. The van der Waals surface area contributed by atoms with Gasteiger partial charge in [-0.2, -0.15) is 0 Å². The number of carboxylic acid groups (broad SMARTS) is 2. The maximum absolute atomic E-state index is 13.2. The molecule has 0 aromatic carbocycles. The summed E-state index contributed by atoms with van der Waals surface area (Å²) in [5.41, 5.74) is 0.900. The fourth-order valence-electron chi connectivity index (χ4n) is 5.57. The summed E-state index contributed by atoms with van der Waals surface area (Å²) in [6, 6.07) is 1.26. The molecule has 1 aromatic rings. The molecule has 180 valence electrons. The van der Waals surface area contributed by atoms with Crippen LogP contribution in [0, 0.1) is 25.7 Å². The molecule has 3 saturated heterocycles. The third-order valence-corrected chi connectivity index (χ3v) is 7.62. The number of aryl methyl sites for hydroxylation is 2. The molecular formula is C22H36N4O5S. The molecule has 3 aliphatic heterocycles. The minimum absolute atomic E-state index is 0.218. The Balaban J connectivity index is 0.000000547. The Kier molecular flexibility index (Phi) is 10.0. The number of carbonyl (C=O) groups is 3. The first-order valence-electron chi connectivity index (χ1n) is 11.1. The molecule has 9 nitrogen and oxygen atoms in total. The Hall–Kier alpha value is -2.04. The molecule has 0 spiro atoms. The summed E-state index contributed by atoms with van der Waals surface area (Å²) in [7, 11) is 4.36. The average Bonchev–Trinajstić information content (AvgIpc) is 3.09. The standard InChI is InChI=1S/C20H32N4OS.2CH2O2/c1-13-19(26-14(2)21-13)20(25)23-10-15-9-16(11-23)18(12-22(3)4)24-8-6-5-7-17(15)24;2*2-1-3/h15-18H,5-12H2,1-4H3;2*1H,(H,2,3)/t15-,16+,17+,18+;;/m1../s1. The lowest BCUT2D eigenvalue weighted by Crippen LogP contribution is -2.65. The number of hydrogen-bond acceptors (Lipinski definition) is 7. The molecule has 2 bridgehead atoms. The lowest BCUT2D eigenvalue weighted by atomic mass is 9.72. The third-order valence-electron chi connectivity index (χ3n) is 6.56. The van der Waals surface area contributed by atoms with Gasteiger partial charge >= 0.3 is 0 Å². The van der Waals surface area contributed by atoms with Crippen LogP contribution in [0.4, 0.5) is 0 Å². The maximum Gasteiger partial charge on any atom is 0.290 e. The first-order valence-corrected chi connectivity index (χ1v) is 11.9. The summed E-state index contributed by atoms with van der Waals surface area (Å²) in [5, 5.41) is 14.8. The van der Waals surface area contributed by atoms with Gasteiger partial charge in [-0.25, -0.2) is 4.98 Å². The largest absolute Gasteiger partial charge is 0.483 e. The number of thiazole rings is 1. The lowest BCUT2D eigenvalue weighted by molar-refractivity contribution is -0.123. The van der Waals surface area contributed by atoms with Crippen molar-refractivity contribution in [2.75, 3.05) is 40.3 Å². The summed E-state index contributed by atoms with van der Waals surface area (Å²) in [4.78, 5) is 42.6. The third kappa shape index (κ3) is 6.26. The van der Waals surface area contributed by atoms with Gasteiger partial charge in [0.1, 0.15) is 4.88 Å². The SMILES string of the molecule is Cc1nc(C)c(C(=O)N2C[C@H]3C[C@@H](C2)[C@H](CN(C)C)N2CCCC[C@@H]32)s1.O=CO.O=CO. The highest BCUT2D eigenvalue weighted by Crippen LogP contribution is 2.41. The van der Waals surface area contributed by atoms with Crippen LogP contribution in [0.15, 0.2) is 0 Å². The van der Waals surface area contributed by atoms with E-state index in [1.165, 1.54) is 32.2 Å². The van der Waals surface area contributed by atoms with E-state index < -0.39 is 0 Å². The molecule has 2 N–H and O–H groups in total. The Morgan fingerprint density at radius 1 is 1.16 bits per heavy atom. The van der Waals surface area contributed by atoms with Gasteiger partial charge < -0.3 is 20.0 Å². The van der Waals surface area contributed by atoms with Gasteiger partial charge in [-0.3, -0.25) is 19.3 Å². The van der Waals surface area contributed by atoms with Crippen molar-refractivity contribution in [3.05, 3.63) is 15.6 Å². The predicted octanol–water partition coefficient (Wildman–Crippen LogP) is 2.04. The molecule has 32 heavy (non-hydrogen) atoms. The molecule has 0 radical (unpaired) electrons. The number of hydrogen-bond donors (Lipinski definition) is 2. The molecule has 10 heteroatoms. The summed E-state index contributed by atoms with van der Waals surface area (Å²) in [6.45, 7) is 7.66. The van der Waals surface area contributed by atoms with Gasteiger partial charge in [-0.05, 0) is 65.6 Å². The number of likely N-dealkylation sites (tertiary alicyclic amines) is 1. The van der Waals surface area contributed by atoms with Crippen LogP contribution in [0.25, 0.3) is 0 Å². The van der Waals surface area contributed by atoms with Gasteiger partial charge in [0.2, 0.25) is 0 Å². The zero-order valence-corrected chi connectivity index (χ0v) is 20.3. The van der Waals surface area contributed by atoms with Gasteiger partial charge in [0.25, 0.3) is 18.9 Å². The number of amides is 1. The zero-order valence-electron chi connectivity index (χ0n) is 19.4. The molecule has 0 unspecified atom stereocenters. The van der Waals surface area contributed by atoms with Crippen LogP contribution in [-0.2, 0) is 9.59 Å². The van der Waals surface area contributed by atoms with Crippen LogP contribution in [0.5, 0.6) is 0 Å². The van der Waals surface area contributed by atoms with Crippen LogP contribution < -0.4 is 0 Å². The summed E-state index contributed by atoms with van der Waals surface area (Å²) >= 11 is 1.56. The fraction of sp³-hybridized carbons (Fsp3) is 0.727. The molecule has 3 aliphatic rings. The smallest absolute Gasteiger partial charge is 0.290 e. The van der Waals surface area contributed by atoms with Crippen molar-refractivity contribution in [2.45, 2.75) is 51.6 Å². The highest BCUT2D eigenvalue weighted by atomic mass is 32.1. The first kappa shape index (κ1) is 26.2. The number of likely N-dealkylation sites (N-methyl/N-ethyl adjacent to an activating group) is 1. The molecule has 4 heterocycles. The number of nitrogens with zero attached hydrogens (tertiary/aromatic N) is 4. The number of fused-ring (bicyclic) bond motifs is 4. The highest BCUT2D eigenvalue weighted by Gasteiger charge is 2.48. The minimum atomic E-state index is -0.250. The van der Waals surface area contributed by atoms with E-state index in [0.29, 0.717) is 23.9 Å². The van der Waals surface area contributed by atoms with Gasteiger partial charge in [0.15, 0.2) is 0 Å². The summed E-state index contributed by atoms with van der Waals surface area (Å²) in [6.07, 6.45) is 5.28. The number of piperidine rings is 3. The quantitative estimate of drug-likeness (QED) is 0.648. The monoisotopic (exact) mass is 468 g/mol. The Labute approximate surface area is 194 Å². The van der Waals surface area contributed by atoms with Crippen LogP contribution in [0.3, 0.4) is 0 Å². The Morgan fingerprint density at radius 3 is 2.34 bits per heavy atom. The maximum atomic E-state index is 13.2. The van der Waals surface area contributed by atoms with Crippen LogP contribution in [0.2, 0.25) is 0 Å². The molecule has 1 amide bonds. The van der Waals surface area contributed by atoms with Crippen molar-refractivity contribution in [2.24, 2.45) is 11.8 Å². The van der Waals surface area contributed by atoms with E-state index in [2.05, 4.69) is 33.8 Å². The van der Waals surface area contributed by atoms with E-state index in [1.54, 1.807) is 11.3 Å². The second kappa shape index (κ2) is 12.3. The second-order valence-electron chi connectivity index (χ2n) is 8.95. The molecule has 4 rings (SSSR count). The van der Waals surface area contributed by atoms with Crippen molar-refractivity contribution in [1.82, 2.24) is 19.7 Å². The predicted molar refractivity (Wildman–Crippen MR) is 123 cm³/mol. The molecular weight excluding hydrogens is 432 g/mol. The van der Waals surface area contributed by atoms with Gasteiger partial charge in [-0.1, -0.05) is 6.42 Å². The molecule has 1 aromatic heterocycles. The topological polar surface area (TPSA) is 114 Å². The van der Waals surface area contributed by atoms with Crippen LogP contribution in [-0.4, -0.2) is 101 Å². The number of aromatic nitrogens is 1. The zero-order chi connectivity index (χ0) is 23.8. The van der Waals surface area contributed by atoms with E-state index in [-0.39, 0.29) is 18.9 Å². The molecule has 0 saturated carbocycles. The number of rotatable bonds is 3. The van der Waals surface area contributed by atoms with E-state index in [4.69, 9.17) is 19.8 Å². The average molecular weight is 469 g/mol. The van der Waals surface area contributed by atoms with Crippen molar-refractivity contribution in [1.29, 1.82) is 0 Å². The van der Waals surface area contributed by atoms with Crippen LogP contribution >= 0.6 is 11.3 Å². The second-order valence-corrected chi connectivity index (χ2v) is 10.2. The fourth-order valence-corrected chi connectivity index (χ4v) is 6.46. The van der Waals surface area contributed by atoms with Gasteiger partial charge in [0, 0.05) is 31.7 Å². The Bertz CT molecular complexity index is 766.